The van der Waals surface area contributed by atoms with Crippen LogP contribution in [-0.4, -0.2) is 33.0 Å². The van der Waals surface area contributed by atoms with E-state index in [9.17, 15) is 0 Å². The standard InChI is InChI=1S/C24H28ClN5.C2H6/c1-5-6-9-18-16(4)12-17(14-26-18)13-19-27-23-20(21(25)22(29-23)15(2)3)24(28-19)30-10-7-8-11-30;1-2/h5-6,9,12,14-15H,1,7-8,10-11,13H2,2-4H3,(H,27,28,29);1-2H3/b9-6-;. The highest BCUT2D eigenvalue weighted by Crippen LogP contribution is 2.37. The van der Waals surface area contributed by atoms with Crippen LogP contribution in [0.4, 0.5) is 5.82 Å². The third-order valence-corrected chi connectivity index (χ3v) is 5.95. The van der Waals surface area contributed by atoms with Crippen LogP contribution in [-0.2, 0) is 6.42 Å². The molecule has 0 unspecified atom stereocenters. The second kappa shape index (κ2) is 10.8. The highest BCUT2D eigenvalue weighted by atomic mass is 35.5. The van der Waals surface area contributed by atoms with Gasteiger partial charge in [0.2, 0.25) is 0 Å². The number of anilines is 1. The minimum Gasteiger partial charge on any atom is -0.356 e. The van der Waals surface area contributed by atoms with Gasteiger partial charge in [0.25, 0.3) is 0 Å². The molecule has 0 atom stereocenters. The summed E-state index contributed by atoms with van der Waals surface area (Å²) in [5, 5.41) is 1.70. The summed E-state index contributed by atoms with van der Waals surface area (Å²) in [5.74, 6) is 2.04. The van der Waals surface area contributed by atoms with Gasteiger partial charge < -0.3 is 9.88 Å². The molecule has 0 bridgehead atoms. The first-order chi connectivity index (χ1) is 15.5. The number of H-pyrrole nitrogens is 1. The Kier molecular flexibility index (Phi) is 8.08. The smallest absolute Gasteiger partial charge is 0.145 e. The maximum Gasteiger partial charge on any atom is 0.145 e. The molecule has 32 heavy (non-hydrogen) atoms. The summed E-state index contributed by atoms with van der Waals surface area (Å²) in [5.41, 5.74) is 5.01. The molecule has 0 saturated carbocycles. The van der Waals surface area contributed by atoms with Crippen molar-refractivity contribution in [1.29, 1.82) is 0 Å². The van der Waals surface area contributed by atoms with Crippen molar-refractivity contribution in [3.8, 4) is 0 Å². The predicted molar refractivity (Wildman–Crippen MR) is 137 cm³/mol. The molecule has 4 rings (SSSR count). The van der Waals surface area contributed by atoms with Crippen molar-refractivity contribution in [3.05, 3.63) is 64.4 Å². The molecule has 0 spiro atoms. The van der Waals surface area contributed by atoms with Crippen LogP contribution in [0.1, 0.15) is 74.8 Å². The molecule has 1 aliphatic heterocycles. The van der Waals surface area contributed by atoms with E-state index in [2.05, 4.69) is 48.3 Å². The highest BCUT2D eigenvalue weighted by Gasteiger charge is 2.24. The Morgan fingerprint density at radius 3 is 2.56 bits per heavy atom. The van der Waals surface area contributed by atoms with E-state index in [0.717, 1.165) is 63.3 Å². The predicted octanol–water partition coefficient (Wildman–Crippen LogP) is 6.85. The molecule has 1 saturated heterocycles. The molecular weight excluding hydrogens is 418 g/mol. The monoisotopic (exact) mass is 451 g/mol. The molecule has 1 N–H and O–H groups in total. The van der Waals surface area contributed by atoms with Gasteiger partial charge in [0.05, 0.1) is 16.1 Å². The van der Waals surface area contributed by atoms with Crippen LogP contribution in [0.5, 0.6) is 0 Å². The quantitative estimate of drug-likeness (QED) is 0.416. The van der Waals surface area contributed by atoms with Crippen LogP contribution in [0.15, 0.2) is 31.0 Å². The van der Waals surface area contributed by atoms with Gasteiger partial charge in [-0.3, -0.25) is 4.98 Å². The topological polar surface area (TPSA) is 57.7 Å². The first kappa shape index (κ1) is 24.0. The molecule has 6 heteroatoms. The molecule has 170 valence electrons. The lowest BCUT2D eigenvalue weighted by Gasteiger charge is -2.18. The summed E-state index contributed by atoms with van der Waals surface area (Å²) in [4.78, 5) is 20.2. The Morgan fingerprint density at radius 2 is 1.94 bits per heavy atom. The maximum atomic E-state index is 6.77. The Bertz CT molecular complexity index is 1110. The summed E-state index contributed by atoms with van der Waals surface area (Å²) in [6.07, 6.45) is 10.5. The fourth-order valence-corrected chi connectivity index (χ4v) is 4.43. The van der Waals surface area contributed by atoms with Crippen molar-refractivity contribution in [2.75, 3.05) is 18.0 Å². The Balaban J connectivity index is 0.00000141. The van der Waals surface area contributed by atoms with Crippen molar-refractivity contribution in [2.45, 2.75) is 59.8 Å². The molecule has 4 heterocycles. The number of halogens is 1. The number of nitrogens with zero attached hydrogens (tertiary/aromatic N) is 4. The summed E-state index contributed by atoms with van der Waals surface area (Å²) >= 11 is 6.77. The summed E-state index contributed by atoms with van der Waals surface area (Å²) < 4.78 is 0. The zero-order valence-electron chi connectivity index (χ0n) is 19.9. The normalized spacial score (nSPS) is 13.8. The van der Waals surface area contributed by atoms with Crippen LogP contribution < -0.4 is 4.90 Å². The third kappa shape index (κ3) is 5.04. The molecule has 0 aromatic carbocycles. The average molecular weight is 452 g/mol. The summed E-state index contributed by atoms with van der Waals surface area (Å²) in [7, 11) is 0. The van der Waals surface area contributed by atoms with Crippen molar-refractivity contribution >= 4 is 34.5 Å². The van der Waals surface area contributed by atoms with Gasteiger partial charge in [-0.2, -0.15) is 0 Å². The van der Waals surface area contributed by atoms with Crippen LogP contribution in [0.3, 0.4) is 0 Å². The van der Waals surface area contributed by atoms with Gasteiger partial charge in [0.15, 0.2) is 0 Å². The van der Waals surface area contributed by atoms with Gasteiger partial charge in [0, 0.05) is 31.4 Å². The van der Waals surface area contributed by atoms with Gasteiger partial charge in [-0.25, -0.2) is 9.97 Å². The number of hydrogen-bond donors (Lipinski definition) is 1. The van der Waals surface area contributed by atoms with Crippen LogP contribution in [0.2, 0.25) is 5.02 Å². The number of hydrogen-bond acceptors (Lipinski definition) is 4. The zero-order valence-corrected chi connectivity index (χ0v) is 20.6. The number of pyridine rings is 1. The van der Waals surface area contributed by atoms with Crippen molar-refractivity contribution in [1.82, 2.24) is 19.9 Å². The van der Waals surface area contributed by atoms with E-state index in [1.807, 2.05) is 32.2 Å². The molecule has 5 nitrogen and oxygen atoms in total. The van der Waals surface area contributed by atoms with E-state index >= 15 is 0 Å². The Labute approximate surface area is 196 Å². The number of aryl methyl sites for hydroxylation is 1. The maximum absolute atomic E-state index is 6.77. The van der Waals surface area contributed by atoms with Crippen LogP contribution in [0.25, 0.3) is 17.1 Å². The summed E-state index contributed by atoms with van der Waals surface area (Å²) in [6, 6.07) is 2.15. The van der Waals surface area contributed by atoms with Gasteiger partial charge in [-0.05, 0) is 42.9 Å². The number of nitrogens with one attached hydrogen (secondary N) is 1. The molecule has 0 radical (unpaired) electrons. The Morgan fingerprint density at radius 1 is 1.22 bits per heavy atom. The van der Waals surface area contributed by atoms with Crippen molar-refractivity contribution in [3.63, 3.8) is 0 Å². The van der Waals surface area contributed by atoms with Crippen LogP contribution in [0, 0.1) is 6.92 Å². The molecule has 3 aromatic heterocycles. The highest BCUT2D eigenvalue weighted by molar-refractivity contribution is 6.37. The second-order valence-electron chi connectivity index (χ2n) is 8.21. The number of rotatable bonds is 6. The first-order valence-corrected chi connectivity index (χ1v) is 11.9. The van der Waals surface area contributed by atoms with Gasteiger partial charge in [-0.1, -0.05) is 64.1 Å². The molecule has 3 aromatic rings. The van der Waals surface area contributed by atoms with Gasteiger partial charge in [0.1, 0.15) is 17.3 Å². The van der Waals surface area contributed by atoms with Gasteiger partial charge in [-0.15, -0.1) is 0 Å². The minimum absolute atomic E-state index is 0.296. The zero-order chi connectivity index (χ0) is 23.3. The molecule has 0 aliphatic carbocycles. The fourth-order valence-electron chi connectivity index (χ4n) is 3.99. The molecular formula is C26H34ClN5. The van der Waals surface area contributed by atoms with E-state index in [1.165, 1.54) is 12.8 Å². The van der Waals surface area contributed by atoms with Crippen molar-refractivity contribution < 1.29 is 0 Å². The second-order valence-corrected chi connectivity index (χ2v) is 8.58. The summed E-state index contributed by atoms with van der Waals surface area (Å²) in [6.45, 7) is 16.1. The minimum atomic E-state index is 0.296. The number of aromatic nitrogens is 4. The third-order valence-electron chi connectivity index (χ3n) is 5.56. The average Bonchev–Trinajstić information content (AvgIpc) is 3.43. The van der Waals surface area contributed by atoms with Gasteiger partial charge >= 0.3 is 0 Å². The molecule has 1 aliphatic rings. The molecule has 0 amide bonds. The van der Waals surface area contributed by atoms with Crippen molar-refractivity contribution in [2.24, 2.45) is 0 Å². The van der Waals surface area contributed by atoms with E-state index in [-0.39, 0.29) is 0 Å². The van der Waals surface area contributed by atoms with Crippen LogP contribution >= 0.6 is 11.6 Å². The van der Waals surface area contributed by atoms with E-state index in [4.69, 9.17) is 21.6 Å². The SMILES string of the molecule is C=C/C=C\c1ncc(Cc2nc(N3CCCC3)c3c(Cl)c(C(C)C)[nH]c3n2)cc1C.CC. The molecule has 1 fully saturated rings. The van der Waals surface area contributed by atoms with E-state index in [1.54, 1.807) is 6.08 Å². The number of fused-ring (bicyclic) bond motifs is 1. The lowest BCUT2D eigenvalue weighted by Crippen LogP contribution is -2.20. The first-order valence-electron chi connectivity index (χ1n) is 11.6. The number of aromatic amines is 1. The fraction of sp³-hybridized carbons (Fsp3) is 0.423. The Hall–Kier alpha value is -2.66. The lowest BCUT2D eigenvalue weighted by atomic mass is 10.1. The van der Waals surface area contributed by atoms with E-state index in [0.29, 0.717) is 12.3 Å². The lowest BCUT2D eigenvalue weighted by molar-refractivity contribution is 0.834. The largest absolute Gasteiger partial charge is 0.356 e. The number of allylic oxidation sites excluding steroid dienone is 2. The van der Waals surface area contributed by atoms with E-state index < -0.39 is 0 Å².